The highest BCUT2D eigenvalue weighted by Gasteiger charge is 2.31. The van der Waals surface area contributed by atoms with Crippen LogP contribution in [0.25, 0.3) is 0 Å². The van der Waals surface area contributed by atoms with Gasteiger partial charge in [0, 0.05) is 19.3 Å². The number of carboxylic acid groups (broad SMARTS) is 1. The molecule has 4 atom stereocenters. The summed E-state index contributed by atoms with van der Waals surface area (Å²) in [6.45, 7) is 3.78. The lowest BCUT2D eigenvalue weighted by atomic mass is 10.0. The lowest BCUT2D eigenvalue weighted by Crippen LogP contribution is -2.58. The van der Waals surface area contributed by atoms with Gasteiger partial charge >= 0.3 is 5.97 Å². The number of nitrogens with one attached hydrogen (secondary N) is 3. The first-order valence-corrected chi connectivity index (χ1v) is 13.3. The largest absolute Gasteiger partial charge is 0.508 e. The highest BCUT2D eigenvalue weighted by Crippen LogP contribution is 2.12. The van der Waals surface area contributed by atoms with E-state index in [1.54, 1.807) is 30.3 Å². The quantitative estimate of drug-likeness (QED) is 0.149. The summed E-state index contributed by atoms with van der Waals surface area (Å²) >= 11 is 0. The number of benzene rings is 2. The molecule has 0 radical (unpaired) electrons. The van der Waals surface area contributed by atoms with Gasteiger partial charge < -0.3 is 37.6 Å². The van der Waals surface area contributed by atoms with E-state index in [1.807, 2.05) is 13.8 Å². The van der Waals surface area contributed by atoms with Crippen molar-refractivity contribution < 1.29 is 34.2 Å². The van der Waals surface area contributed by atoms with Crippen molar-refractivity contribution in [2.45, 2.75) is 70.1 Å². The smallest absolute Gasteiger partial charge is 0.326 e. The van der Waals surface area contributed by atoms with Gasteiger partial charge in [0.15, 0.2) is 0 Å². The first-order valence-electron chi connectivity index (χ1n) is 13.3. The number of phenolic OH excluding ortho intramolecular Hbond substituents is 1. The SMILES string of the molecule is CC(C)CC(N)C(=O)NC(CCC(N)=O)C(=O)NC(Cc1ccccc1)C(=O)NC(Cc1ccc(O)cc1)C(=O)O. The minimum atomic E-state index is -1.33. The van der Waals surface area contributed by atoms with E-state index in [0.29, 0.717) is 17.5 Å². The van der Waals surface area contributed by atoms with Gasteiger partial charge in [-0.3, -0.25) is 19.2 Å². The lowest BCUT2D eigenvalue weighted by Gasteiger charge is -2.25. The molecule has 4 amide bonds. The van der Waals surface area contributed by atoms with Crippen molar-refractivity contribution in [1.82, 2.24) is 16.0 Å². The zero-order valence-electron chi connectivity index (χ0n) is 23.2. The molecule has 12 heteroatoms. The third kappa shape index (κ3) is 11.7. The number of hydrogen-bond acceptors (Lipinski definition) is 7. The number of nitrogens with two attached hydrogens (primary N) is 2. The Bertz CT molecular complexity index is 1190. The fourth-order valence-corrected chi connectivity index (χ4v) is 4.12. The van der Waals surface area contributed by atoms with Crippen molar-refractivity contribution >= 4 is 29.6 Å². The molecule has 9 N–H and O–H groups in total. The van der Waals surface area contributed by atoms with Crippen LogP contribution in [0.4, 0.5) is 0 Å². The van der Waals surface area contributed by atoms with Crippen LogP contribution in [0.1, 0.15) is 44.2 Å². The molecule has 222 valence electrons. The summed E-state index contributed by atoms with van der Waals surface area (Å²) in [5.74, 6) is -3.94. The van der Waals surface area contributed by atoms with Crippen LogP contribution in [0.5, 0.6) is 5.75 Å². The Morgan fingerprint density at radius 3 is 1.83 bits per heavy atom. The topological polar surface area (TPSA) is 214 Å². The van der Waals surface area contributed by atoms with E-state index < -0.39 is 53.8 Å². The minimum absolute atomic E-state index is 0.0124. The number of primary amides is 1. The van der Waals surface area contributed by atoms with Crippen LogP contribution < -0.4 is 27.4 Å². The molecule has 0 saturated heterocycles. The fraction of sp³-hybridized carbons (Fsp3) is 0.414. The van der Waals surface area contributed by atoms with E-state index in [0.717, 1.165) is 0 Å². The first kappa shape index (κ1) is 32.8. The molecule has 41 heavy (non-hydrogen) atoms. The van der Waals surface area contributed by atoms with Crippen molar-refractivity contribution in [2.75, 3.05) is 0 Å². The maximum Gasteiger partial charge on any atom is 0.326 e. The van der Waals surface area contributed by atoms with Gasteiger partial charge in [-0.25, -0.2) is 4.79 Å². The summed E-state index contributed by atoms with van der Waals surface area (Å²) in [7, 11) is 0. The van der Waals surface area contributed by atoms with Crippen LogP contribution in [0.2, 0.25) is 0 Å². The lowest BCUT2D eigenvalue weighted by molar-refractivity contribution is -0.142. The molecule has 0 aliphatic rings. The predicted molar refractivity (Wildman–Crippen MR) is 151 cm³/mol. The molecular formula is C29H39N5O7. The van der Waals surface area contributed by atoms with Gasteiger partial charge in [-0.1, -0.05) is 56.3 Å². The molecule has 12 nitrogen and oxygen atoms in total. The van der Waals surface area contributed by atoms with E-state index in [-0.39, 0.29) is 37.4 Å². The molecule has 0 aromatic heterocycles. The molecule has 0 fully saturated rings. The van der Waals surface area contributed by atoms with Gasteiger partial charge in [0.25, 0.3) is 0 Å². The Morgan fingerprint density at radius 1 is 0.756 bits per heavy atom. The zero-order chi connectivity index (χ0) is 30.5. The highest BCUT2D eigenvalue weighted by molar-refractivity contribution is 5.94. The number of amides is 4. The normalized spacial score (nSPS) is 13.9. The molecule has 0 aliphatic heterocycles. The Balaban J connectivity index is 2.26. The molecule has 2 aromatic carbocycles. The summed E-state index contributed by atoms with van der Waals surface area (Å²) in [4.78, 5) is 62.8. The minimum Gasteiger partial charge on any atom is -0.508 e. The van der Waals surface area contributed by atoms with Crippen LogP contribution in [-0.4, -0.2) is 64.0 Å². The third-order valence-corrected chi connectivity index (χ3v) is 6.28. The van der Waals surface area contributed by atoms with Crippen LogP contribution in [0, 0.1) is 5.92 Å². The average Bonchev–Trinajstić information content (AvgIpc) is 2.91. The molecule has 0 heterocycles. The van der Waals surface area contributed by atoms with E-state index in [4.69, 9.17) is 11.5 Å². The maximum atomic E-state index is 13.4. The molecular weight excluding hydrogens is 530 g/mol. The summed E-state index contributed by atoms with van der Waals surface area (Å²) in [6, 6.07) is 10.0. The number of carbonyl (C=O) groups excluding carboxylic acids is 4. The van der Waals surface area contributed by atoms with Crippen LogP contribution in [0.15, 0.2) is 54.6 Å². The summed E-state index contributed by atoms with van der Waals surface area (Å²) in [5.41, 5.74) is 12.5. The number of aromatic hydroxyl groups is 1. The van der Waals surface area contributed by atoms with Crippen LogP contribution >= 0.6 is 0 Å². The van der Waals surface area contributed by atoms with Crippen molar-refractivity contribution in [3.05, 3.63) is 65.7 Å². The number of rotatable bonds is 16. The van der Waals surface area contributed by atoms with Gasteiger partial charge in [-0.15, -0.1) is 0 Å². The standard InChI is InChI=1S/C29H39N5O7/c1-17(2)14-21(30)26(37)32-22(12-13-25(31)36)27(38)33-23(15-18-6-4-3-5-7-18)28(39)34-24(29(40)41)16-19-8-10-20(35)11-9-19/h3-11,17,21-24,35H,12-16,30H2,1-2H3,(H2,31,36)(H,32,37)(H,33,38)(H,34,39)(H,40,41). The molecule has 0 spiro atoms. The number of aliphatic carboxylic acids is 1. The van der Waals surface area contributed by atoms with Crippen molar-refractivity contribution in [3.8, 4) is 5.75 Å². The van der Waals surface area contributed by atoms with Gasteiger partial charge in [-0.2, -0.15) is 0 Å². The average molecular weight is 570 g/mol. The molecule has 2 aromatic rings. The van der Waals surface area contributed by atoms with E-state index in [2.05, 4.69) is 16.0 Å². The highest BCUT2D eigenvalue weighted by atomic mass is 16.4. The van der Waals surface area contributed by atoms with Gasteiger partial charge in [-0.05, 0) is 42.0 Å². The molecule has 0 bridgehead atoms. The second-order valence-electron chi connectivity index (χ2n) is 10.3. The van der Waals surface area contributed by atoms with Gasteiger partial charge in [0.1, 0.15) is 23.9 Å². The van der Waals surface area contributed by atoms with Crippen LogP contribution in [0.3, 0.4) is 0 Å². The summed E-state index contributed by atoms with van der Waals surface area (Å²) in [5, 5.41) is 26.9. The Kier molecular flexibility index (Phi) is 12.8. The van der Waals surface area contributed by atoms with E-state index in [9.17, 15) is 34.2 Å². The van der Waals surface area contributed by atoms with Crippen LogP contribution in [-0.2, 0) is 36.8 Å². The number of carbonyl (C=O) groups is 5. The van der Waals surface area contributed by atoms with Crippen molar-refractivity contribution in [2.24, 2.45) is 17.4 Å². The van der Waals surface area contributed by atoms with E-state index in [1.165, 1.54) is 24.3 Å². The molecule has 2 rings (SSSR count). The summed E-state index contributed by atoms with van der Waals surface area (Å²) in [6.07, 6.45) is -0.0149. The second-order valence-corrected chi connectivity index (χ2v) is 10.3. The fourth-order valence-electron chi connectivity index (χ4n) is 4.12. The molecule has 0 aliphatic carbocycles. The Morgan fingerprint density at radius 2 is 1.27 bits per heavy atom. The summed E-state index contributed by atoms with van der Waals surface area (Å²) < 4.78 is 0. The zero-order valence-corrected chi connectivity index (χ0v) is 23.2. The number of hydrogen-bond donors (Lipinski definition) is 7. The first-order chi connectivity index (χ1) is 19.3. The van der Waals surface area contributed by atoms with E-state index >= 15 is 0 Å². The predicted octanol–water partition coefficient (Wildman–Crippen LogP) is 0.355. The molecule has 4 unspecified atom stereocenters. The Labute approximate surface area is 238 Å². The third-order valence-electron chi connectivity index (χ3n) is 6.28. The monoisotopic (exact) mass is 569 g/mol. The second kappa shape index (κ2) is 16.0. The number of carboxylic acids is 1. The van der Waals surface area contributed by atoms with Gasteiger partial charge in [0.2, 0.25) is 23.6 Å². The maximum absolute atomic E-state index is 13.4. The Hall–Kier alpha value is -4.45. The van der Waals surface area contributed by atoms with Crippen molar-refractivity contribution in [1.29, 1.82) is 0 Å². The number of phenols is 1. The van der Waals surface area contributed by atoms with Gasteiger partial charge in [0.05, 0.1) is 6.04 Å². The molecule has 0 saturated carbocycles. The van der Waals surface area contributed by atoms with Crippen molar-refractivity contribution in [3.63, 3.8) is 0 Å².